The highest BCUT2D eigenvalue weighted by molar-refractivity contribution is 7.91. The topological polar surface area (TPSA) is 82.8 Å². The average molecular weight is 705 g/mol. The lowest BCUT2D eigenvalue weighted by Crippen LogP contribution is -2.70. The Balaban J connectivity index is 1.08. The normalized spacial score (nSPS) is 42.0. The van der Waals surface area contributed by atoms with Crippen LogP contribution in [0.3, 0.4) is 0 Å². The number of aromatic nitrogens is 2. The Labute approximate surface area is 303 Å². The highest BCUT2D eigenvalue weighted by Crippen LogP contribution is 2.76. The van der Waals surface area contributed by atoms with Crippen LogP contribution >= 0.6 is 0 Å². The zero-order chi connectivity index (χ0) is 35.7. The third-order valence-electron chi connectivity index (χ3n) is 16.7. The van der Waals surface area contributed by atoms with E-state index in [0.717, 1.165) is 44.3 Å². The largest absolute Gasteiger partial charge is 0.359 e. The van der Waals surface area contributed by atoms with Gasteiger partial charge >= 0.3 is 0 Å². The first-order valence-corrected chi connectivity index (χ1v) is 21.7. The Bertz CT molecular complexity index is 1590. The molecule has 50 heavy (non-hydrogen) atoms. The molecule has 6 aliphatic rings. The van der Waals surface area contributed by atoms with Gasteiger partial charge in [-0.3, -0.25) is 0 Å². The van der Waals surface area contributed by atoms with Crippen molar-refractivity contribution in [2.75, 3.05) is 55.7 Å². The van der Waals surface area contributed by atoms with Crippen LogP contribution < -0.4 is 10.2 Å². The second-order valence-electron chi connectivity index (χ2n) is 19.0. The summed E-state index contributed by atoms with van der Waals surface area (Å²) in [6.07, 6.45) is 12.8. The van der Waals surface area contributed by atoms with E-state index < -0.39 is 9.84 Å². The molecule has 0 radical (unpaired) electrons. The van der Waals surface area contributed by atoms with Crippen LogP contribution in [-0.4, -0.2) is 79.8 Å². The molecule has 0 spiro atoms. The molecule has 6 fully saturated rings. The molecule has 3 heterocycles. The van der Waals surface area contributed by atoms with Gasteiger partial charge in [0.25, 0.3) is 5.82 Å². The molecule has 0 aromatic carbocycles. The molecule has 0 unspecified atom stereocenters. The van der Waals surface area contributed by atoms with E-state index in [2.05, 4.69) is 78.3 Å². The van der Waals surface area contributed by atoms with Gasteiger partial charge in [0.05, 0.1) is 11.5 Å². The quantitative estimate of drug-likeness (QED) is 0.170. The molecule has 1 N–H and O–H groups in total. The first-order valence-electron chi connectivity index (χ1n) is 19.9. The molecule has 2 aliphatic heterocycles. The van der Waals surface area contributed by atoms with Crippen molar-refractivity contribution in [3.63, 3.8) is 0 Å². The number of fused-ring (bicyclic) bond motifs is 7. The molecule has 1 aromatic heterocycles. The van der Waals surface area contributed by atoms with Crippen LogP contribution in [0.1, 0.15) is 106 Å². The van der Waals surface area contributed by atoms with E-state index in [0.29, 0.717) is 70.3 Å². The molecule has 1 aromatic rings. The molecule has 7 rings (SSSR count). The smallest absolute Gasteiger partial charge is 0.296 e. The average Bonchev–Trinajstić information content (AvgIpc) is 3.46. The van der Waals surface area contributed by atoms with Crippen LogP contribution in [0.5, 0.6) is 0 Å². The summed E-state index contributed by atoms with van der Waals surface area (Å²) in [5, 5.41) is 12.7. The molecular formula is C41H64N6O2S. The van der Waals surface area contributed by atoms with Gasteiger partial charge in [0, 0.05) is 31.7 Å². The van der Waals surface area contributed by atoms with Gasteiger partial charge in [-0.25, -0.2) is 8.42 Å². The van der Waals surface area contributed by atoms with Gasteiger partial charge in [0.1, 0.15) is 0 Å². The van der Waals surface area contributed by atoms with Crippen molar-refractivity contribution < 1.29 is 8.42 Å². The molecule has 8 nitrogen and oxygen atoms in total. The second-order valence-corrected chi connectivity index (χ2v) is 21.3. The highest BCUT2D eigenvalue weighted by atomic mass is 32.2. The summed E-state index contributed by atoms with van der Waals surface area (Å²) in [7, 11) is -2.82. The maximum Gasteiger partial charge on any atom is 0.296 e. The number of anilines is 1. The summed E-state index contributed by atoms with van der Waals surface area (Å²) in [5.74, 6) is 5.29. The zero-order valence-electron chi connectivity index (χ0n) is 31.9. The number of piperidine rings is 1. The monoisotopic (exact) mass is 704 g/mol. The lowest BCUT2D eigenvalue weighted by atomic mass is 9.33. The Kier molecular flexibility index (Phi) is 9.33. The van der Waals surface area contributed by atoms with Crippen LogP contribution in [0.4, 0.5) is 11.6 Å². The van der Waals surface area contributed by atoms with Crippen LogP contribution in [0.2, 0.25) is 0 Å². The van der Waals surface area contributed by atoms with E-state index in [-0.39, 0.29) is 11.0 Å². The van der Waals surface area contributed by atoms with Crippen molar-refractivity contribution in [3.05, 3.63) is 35.7 Å². The SMILES string of the molecule is [C-]#[N+]c1ccc(N2CC[C@]3(C)[C@H]4CC[C@@H]5[C@H]6[C@H](C(=C)C)CC[C@]6(CNCCCN6CCS(=O)(=O)CC6)CC[C@@]5(C)[C@]4(C)CC[C@H]3C2(C)C)nn1. The van der Waals surface area contributed by atoms with Gasteiger partial charge in [-0.05, 0) is 172 Å². The molecule has 9 heteroatoms. The predicted molar refractivity (Wildman–Crippen MR) is 203 cm³/mol. The summed E-state index contributed by atoms with van der Waals surface area (Å²) in [4.78, 5) is 8.32. The minimum Gasteiger partial charge on any atom is -0.359 e. The van der Waals surface area contributed by atoms with E-state index in [4.69, 9.17) is 6.57 Å². The summed E-state index contributed by atoms with van der Waals surface area (Å²) < 4.78 is 23.7. The number of hydrogen-bond acceptors (Lipinski definition) is 7. The molecule has 4 saturated carbocycles. The number of nitrogens with zero attached hydrogens (tertiary/aromatic N) is 5. The fourth-order valence-corrected chi connectivity index (χ4v) is 15.2. The van der Waals surface area contributed by atoms with Crippen LogP contribution in [-0.2, 0) is 9.84 Å². The zero-order valence-corrected chi connectivity index (χ0v) is 32.8. The van der Waals surface area contributed by atoms with Crippen molar-refractivity contribution in [2.45, 2.75) is 111 Å². The number of allylic oxidation sites excluding steroid dienone is 1. The van der Waals surface area contributed by atoms with Gasteiger partial charge in [0.2, 0.25) is 0 Å². The third-order valence-corrected chi connectivity index (χ3v) is 18.3. The molecule has 2 saturated heterocycles. The van der Waals surface area contributed by atoms with Crippen molar-refractivity contribution >= 4 is 21.5 Å². The predicted octanol–water partition coefficient (Wildman–Crippen LogP) is 7.56. The summed E-state index contributed by atoms with van der Waals surface area (Å²) in [6.45, 7) is 32.8. The first-order chi connectivity index (χ1) is 23.6. The molecule has 0 bridgehead atoms. The number of rotatable bonds is 8. The minimum atomic E-state index is -2.82. The maximum absolute atomic E-state index is 11.9. The fraction of sp³-hybridized carbons (Fsp3) is 0.829. The van der Waals surface area contributed by atoms with Gasteiger partial charge in [0.15, 0.2) is 15.7 Å². The van der Waals surface area contributed by atoms with Crippen molar-refractivity contribution in [1.82, 2.24) is 20.4 Å². The van der Waals surface area contributed by atoms with E-state index in [1.165, 1.54) is 63.4 Å². The van der Waals surface area contributed by atoms with Crippen molar-refractivity contribution in [3.8, 4) is 0 Å². The number of nitrogens with one attached hydrogen (secondary N) is 1. The van der Waals surface area contributed by atoms with E-state index in [9.17, 15) is 8.42 Å². The van der Waals surface area contributed by atoms with Crippen molar-refractivity contribution in [1.29, 1.82) is 0 Å². The van der Waals surface area contributed by atoms with Gasteiger partial charge < -0.3 is 20.0 Å². The van der Waals surface area contributed by atoms with Crippen LogP contribution in [0.15, 0.2) is 24.3 Å². The summed E-state index contributed by atoms with van der Waals surface area (Å²) >= 11 is 0. The molecule has 0 amide bonds. The van der Waals surface area contributed by atoms with E-state index in [1.807, 2.05) is 12.1 Å². The Morgan fingerprint density at radius 3 is 2.38 bits per heavy atom. The summed E-state index contributed by atoms with van der Waals surface area (Å²) in [6, 6.07) is 3.83. The number of sulfone groups is 1. The lowest BCUT2D eigenvalue weighted by molar-refractivity contribution is -0.227. The van der Waals surface area contributed by atoms with Crippen LogP contribution in [0.25, 0.3) is 4.85 Å². The lowest BCUT2D eigenvalue weighted by Gasteiger charge is -2.73. The number of hydrogen-bond donors (Lipinski definition) is 1. The Morgan fingerprint density at radius 1 is 0.940 bits per heavy atom. The maximum atomic E-state index is 11.9. The van der Waals surface area contributed by atoms with E-state index >= 15 is 0 Å². The minimum absolute atomic E-state index is 0.0318. The third kappa shape index (κ3) is 5.68. The van der Waals surface area contributed by atoms with Crippen LogP contribution in [0, 0.1) is 57.8 Å². The van der Waals surface area contributed by atoms with E-state index in [1.54, 1.807) is 0 Å². The molecule has 9 atom stereocenters. The van der Waals surface area contributed by atoms with Gasteiger partial charge in [-0.2, -0.15) is 0 Å². The molecule has 4 aliphatic carbocycles. The van der Waals surface area contributed by atoms with Crippen molar-refractivity contribution in [2.24, 2.45) is 51.2 Å². The molecule has 276 valence electrons. The Morgan fingerprint density at radius 2 is 1.70 bits per heavy atom. The molecular weight excluding hydrogens is 641 g/mol. The second kappa shape index (κ2) is 12.8. The highest BCUT2D eigenvalue weighted by Gasteiger charge is 2.70. The van der Waals surface area contributed by atoms with Gasteiger partial charge in [-0.15, -0.1) is 0 Å². The standard InChI is InChI=1S/C41H64N6O2S/c1-29(2)30-14-17-41(28-43-21-9-22-46-24-26-50(48,49)27-25-46)19-18-39(6)31(36(30)41)10-11-33-38(5)20-23-47(35-13-12-34(42-8)44-45-35)37(3,4)32(38)15-16-40(33,39)7/h12-13,30-33,36,43H,1,9-11,14-28H2,2-7H3/t30-,31+,32-,33+,36+,38-,39+,40+,41+/m0/s1. The fourth-order valence-electron chi connectivity index (χ4n) is 14.0. The first kappa shape index (κ1) is 36.3. The van der Waals surface area contributed by atoms with Gasteiger partial charge in [-0.1, -0.05) is 39.5 Å². The Hall–Kier alpha value is -2.02. The summed E-state index contributed by atoms with van der Waals surface area (Å²) in [5.41, 5.74) is 2.66.